The first-order valence-corrected chi connectivity index (χ1v) is 12.4. The zero-order valence-corrected chi connectivity index (χ0v) is 19.9. The molecule has 0 N–H and O–H groups in total. The highest BCUT2D eigenvalue weighted by atomic mass is 35.5. The number of para-hydroxylation sites is 1. The number of benzene rings is 2. The third kappa shape index (κ3) is 5.11. The molecule has 0 aliphatic carbocycles. The third-order valence-corrected chi connectivity index (χ3v) is 7.14. The monoisotopic (exact) mass is 483 g/mol. The second kappa shape index (κ2) is 10.0. The van der Waals surface area contributed by atoms with Crippen molar-refractivity contribution in [3.05, 3.63) is 69.9 Å². The number of fused-ring (bicyclic) bond motifs is 1. The number of halogens is 1. The molecular weight excluding hydrogens is 458 g/mol. The smallest absolute Gasteiger partial charge is 0.241 e. The van der Waals surface area contributed by atoms with Crippen molar-refractivity contribution in [1.82, 2.24) is 4.90 Å². The number of carbonyl (C=O) groups is 1. The first kappa shape index (κ1) is 22.1. The molecule has 0 atom stereocenters. The molecule has 3 aromatic rings. The number of carbonyl (C=O) groups excluding carboxylic acids is 1. The van der Waals surface area contributed by atoms with E-state index in [4.69, 9.17) is 21.1 Å². The molecule has 172 valence electrons. The van der Waals surface area contributed by atoms with Gasteiger partial charge >= 0.3 is 0 Å². The van der Waals surface area contributed by atoms with Gasteiger partial charge in [-0.1, -0.05) is 29.8 Å². The van der Waals surface area contributed by atoms with Gasteiger partial charge in [0.25, 0.3) is 0 Å². The van der Waals surface area contributed by atoms with Gasteiger partial charge in [0, 0.05) is 42.8 Å². The molecule has 0 spiro atoms. The van der Waals surface area contributed by atoms with Crippen molar-refractivity contribution in [3.63, 3.8) is 0 Å². The maximum absolute atomic E-state index is 13.5. The Bertz CT molecular complexity index is 1100. The van der Waals surface area contributed by atoms with E-state index in [0.29, 0.717) is 32.1 Å². The zero-order valence-electron chi connectivity index (χ0n) is 18.3. The number of amides is 1. The minimum absolute atomic E-state index is 0.0753. The predicted molar refractivity (Wildman–Crippen MR) is 133 cm³/mol. The van der Waals surface area contributed by atoms with Crippen LogP contribution in [0.5, 0.6) is 11.5 Å². The highest BCUT2D eigenvalue weighted by Crippen LogP contribution is 2.35. The van der Waals surface area contributed by atoms with Crippen molar-refractivity contribution < 1.29 is 14.3 Å². The molecule has 0 bridgehead atoms. The van der Waals surface area contributed by atoms with Crippen LogP contribution in [0.15, 0.2) is 60.0 Å². The second-order valence-electron chi connectivity index (χ2n) is 8.10. The molecular formula is C25H26ClN3O3S. The lowest BCUT2D eigenvalue weighted by atomic mass is 10.2. The number of piperazine rings is 1. The normalized spacial score (nSPS) is 16.0. The number of ether oxygens (including phenoxy) is 2. The summed E-state index contributed by atoms with van der Waals surface area (Å²) >= 11 is 8.03. The average Bonchev–Trinajstić information content (AvgIpc) is 3.36. The SMILES string of the molecule is O=C(CN1CCN(c2ccccc2Cl)CC1)N(Cc1cccs1)c1ccc2c(c1)OCCO2. The van der Waals surface area contributed by atoms with Gasteiger partial charge in [-0.3, -0.25) is 9.69 Å². The Labute approximate surface area is 202 Å². The van der Waals surface area contributed by atoms with E-state index in [0.717, 1.165) is 53.2 Å². The molecule has 6 nitrogen and oxygen atoms in total. The first-order chi connectivity index (χ1) is 16.2. The molecule has 0 unspecified atom stereocenters. The molecule has 0 saturated carbocycles. The van der Waals surface area contributed by atoms with Crippen LogP contribution in [0.3, 0.4) is 0 Å². The van der Waals surface area contributed by atoms with E-state index in [9.17, 15) is 4.79 Å². The number of nitrogens with zero attached hydrogens (tertiary/aromatic N) is 3. The Morgan fingerprint density at radius 1 is 0.970 bits per heavy atom. The molecule has 2 aromatic carbocycles. The summed E-state index contributed by atoms with van der Waals surface area (Å²) < 4.78 is 11.4. The van der Waals surface area contributed by atoms with Gasteiger partial charge in [-0.2, -0.15) is 0 Å². The Morgan fingerprint density at radius 2 is 1.76 bits per heavy atom. The number of hydrogen-bond acceptors (Lipinski definition) is 6. The van der Waals surface area contributed by atoms with Crippen LogP contribution in [0.1, 0.15) is 4.88 Å². The minimum atomic E-state index is 0.0753. The molecule has 1 fully saturated rings. The summed E-state index contributed by atoms with van der Waals surface area (Å²) in [5.41, 5.74) is 1.88. The summed E-state index contributed by atoms with van der Waals surface area (Å²) in [5, 5.41) is 2.80. The van der Waals surface area contributed by atoms with Gasteiger partial charge in [0.1, 0.15) is 13.2 Å². The van der Waals surface area contributed by atoms with E-state index in [2.05, 4.69) is 15.9 Å². The van der Waals surface area contributed by atoms with E-state index < -0.39 is 0 Å². The quantitative estimate of drug-likeness (QED) is 0.515. The summed E-state index contributed by atoms with van der Waals surface area (Å²) in [6.07, 6.45) is 0. The number of thiophene rings is 1. The lowest BCUT2D eigenvalue weighted by molar-refractivity contribution is -0.120. The zero-order chi connectivity index (χ0) is 22.6. The van der Waals surface area contributed by atoms with E-state index >= 15 is 0 Å². The summed E-state index contributed by atoms with van der Waals surface area (Å²) in [4.78, 5) is 21.0. The molecule has 33 heavy (non-hydrogen) atoms. The van der Waals surface area contributed by atoms with E-state index in [-0.39, 0.29) is 5.91 Å². The van der Waals surface area contributed by atoms with Crippen LogP contribution >= 0.6 is 22.9 Å². The van der Waals surface area contributed by atoms with Crippen LogP contribution in [0.25, 0.3) is 0 Å². The van der Waals surface area contributed by atoms with Gasteiger partial charge in [0.2, 0.25) is 5.91 Å². The van der Waals surface area contributed by atoms with Crippen molar-refractivity contribution >= 4 is 40.2 Å². The summed E-state index contributed by atoms with van der Waals surface area (Å²) in [6, 6.07) is 17.7. The van der Waals surface area contributed by atoms with Crippen molar-refractivity contribution in [2.45, 2.75) is 6.54 Å². The maximum Gasteiger partial charge on any atom is 0.241 e. The van der Waals surface area contributed by atoms with Crippen LogP contribution in [-0.2, 0) is 11.3 Å². The van der Waals surface area contributed by atoms with Crippen LogP contribution in [0.2, 0.25) is 5.02 Å². The summed E-state index contributed by atoms with van der Waals surface area (Å²) in [5.74, 6) is 1.49. The summed E-state index contributed by atoms with van der Waals surface area (Å²) in [7, 11) is 0. The lowest BCUT2D eigenvalue weighted by Crippen LogP contribution is -2.50. The van der Waals surface area contributed by atoms with E-state index in [1.54, 1.807) is 11.3 Å². The topological polar surface area (TPSA) is 45.3 Å². The maximum atomic E-state index is 13.5. The number of anilines is 2. The second-order valence-corrected chi connectivity index (χ2v) is 9.54. The van der Waals surface area contributed by atoms with E-state index in [1.807, 2.05) is 58.8 Å². The molecule has 1 aromatic heterocycles. The molecule has 2 aliphatic heterocycles. The van der Waals surface area contributed by atoms with Crippen LogP contribution < -0.4 is 19.3 Å². The van der Waals surface area contributed by atoms with Gasteiger partial charge in [0.05, 0.1) is 23.8 Å². The molecule has 5 rings (SSSR count). The number of hydrogen-bond donors (Lipinski definition) is 0. The number of rotatable bonds is 6. The molecule has 3 heterocycles. The van der Waals surface area contributed by atoms with Crippen molar-refractivity contribution in [2.24, 2.45) is 0 Å². The lowest BCUT2D eigenvalue weighted by Gasteiger charge is -2.37. The Hall–Kier alpha value is -2.74. The molecule has 8 heteroatoms. The Morgan fingerprint density at radius 3 is 2.52 bits per heavy atom. The molecule has 0 radical (unpaired) electrons. The highest BCUT2D eigenvalue weighted by Gasteiger charge is 2.25. The fourth-order valence-electron chi connectivity index (χ4n) is 4.21. The largest absolute Gasteiger partial charge is 0.486 e. The Kier molecular flexibility index (Phi) is 6.71. The molecule has 2 aliphatic rings. The fourth-order valence-corrected chi connectivity index (χ4v) is 5.16. The van der Waals surface area contributed by atoms with Gasteiger partial charge in [-0.25, -0.2) is 0 Å². The minimum Gasteiger partial charge on any atom is -0.486 e. The predicted octanol–water partition coefficient (Wildman–Crippen LogP) is 4.53. The van der Waals surface area contributed by atoms with Crippen molar-refractivity contribution in [2.75, 3.05) is 55.7 Å². The van der Waals surface area contributed by atoms with Crippen molar-refractivity contribution in [1.29, 1.82) is 0 Å². The van der Waals surface area contributed by atoms with Crippen LogP contribution in [0.4, 0.5) is 11.4 Å². The van der Waals surface area contributed by atoms with E-state index in [1.165, 1.54) is 0 Å². The molecule has 1 saturated heterocycles. The van der Waals surface area contributed by atoms with Crippen LogP contribution in [0, 0.1) is 0 Å². The standard InChI is InChI=1S/C25H26ClN3O3S/c26-21-5-1-2-6-22(21)28-11-9-27(10-12-28)18-25(30)29(17-20-4-3-15-33-20)19-7-8-23-24(16-19)32-14-13-31-23/h1-8,15-16H,9-14,17-18H2. The third-order valence-electron chi connectivity index (χ3n) is 5.96. The highest BCUT2D eigenvalue weighted by molar-refractivity contribution is 7.09. The van der Waals surface area contributed by atoms with Crippen LogP contribution in [-0.4, -0.2) is 56.7 Å². The fraction of sp³-hybridized carbons (Fsp3) is 0.320. The Balaban J connectivity index is 1.28. The van der Waals surface area contributed by atoms with Gasteiger partial charge in [-0.05, 0) is 35.7 Å². The van der Waals surface area contributed by atoms with Gasteiger partial charge in [-0.15, -0.1) is 11.3 Å². The average molecular weight is 484 g/mol. The van der Waals surface area contributed by atoms with Gasteiger partial charge in [0.15, 0.2) is 11.5 Å². The first-order valence-electron chi connectivity index (χ1n) is 11.1. The van der Waals surface area contributed by atoms with Crippen molar-refractivity contribution in [3.8, 4) is 11.5 Å². The molecule has 1 amide bonds. The van der Waals surface area contributed by atoms with Gasteiger partial charge < -0.3 is 19.3 Å². The summed E-state index contributed by atoms with van der Waals surface area (Å²) in [6.45, 7) is 5.27.